The Kier molecular flexibility index (Phi) is 7.60. The molecule has 10 nitrogen and oxygen atoms in total. The van der Waals surface area contributed by atoms with Gasteiger partial charge in [-0.2, -0.15) is 0 Å². The number of carbonyl (C=O) groups excluding carboxylic acids is 2. The van der Waals surface area contributed by atoms with E-state index in [1.165, 1.54) is 23.2 Å². The number of nitrogens with one attached hydrogen (secondary N) is 1. The Morgan fingerprint density at radius 2 is 2.26 bits per heavy atom. The molecule has 0 aliphatic carbocycles. The smallest absolute Gasteiger partial charge is 1.00 e. The van der Waals surface area contributed by atoms with Crippen LogP contribution in [0.1, 0.15) is 7.12 Å². The Bertz CT molecular complexity index is 889. The van der Waals surface area contributed by atoms with Crippen molar-refractivity contribution in [3.05, 3.63) is 35.0 Å². The molecule has 0 aromatic carbocycles. The molecular formula is C14H14CsN5O5S2. The number of oxime groups is 1. The number of carboxylic acid groups (broad SMARTS) is 1. The zero-order valence-corrected chi connectivity index (χ0v) is 22.0. The van der Waals surface area contributed by atoms with Crippen LogP contribution in [0.15, 0.2) is 34.5 Å². The van der Waals surface area contributed by atoms with Crippen molar-refractivity contribution >= 4 is 51.7 Å². The van der Waals surface area contributed by atoms with Crippen molar-refractivity contribution in [2.45, 2.75) is 11.4 Å². The number of hydrogen-bond acceptors (Lipinski definition) is 9. The Hall–Kier alpha value is -0.808. The van der Waals surface area contributed by atoms with Gasteiger partial charge in [-0.25, -0.2) is 9.78 Å². The van der Waals surface area contributed by atoms with E-state index in [4.69, 9.17) is 10.9 Å². The van der Waals surface area contributed by atoms with Gasteiger partial charge in [0, 0.05) is 11.1 Å². The fourth-order valence-corrected chi connectivity index (χ4v) is 4.51. The summed E-state index contributed by atoms with van der Waals surface area (Å²) < 4.78 is 0. The summed E-state index contributed by atoms with van der Waals surface area (Å²) in [5.41, 5.74) is 5.49. The zero-order chi connectivity index (χ0) is 19.0. The van der Waals surface area contributed by atoms with Crippen molar-refractivity contribution < 1.29 is 95.0 Å². The molecule has 3 rings (SSSR count). The molecule has 3 heterocycles. The van der Waals surface area contributed by atoms with Crippen LogP contribution in [0.5, 0.6) is 0 Å². The van der Waals surface area contributed by atoms with Crippen molar-refractivity contribution in [3.63, 3.8) is 0 Å². The Morgan fingerprint density at radius 1 is 1.56 bits per heavy atom. The molecule has 0 unspecified atom stereocenters. The van der Waals surface area contributed by atoms with Crippen molar-refractivity contribution in [1.29, 1.82) is 0 Å². The van der Waals surface area contributed by atoms with Crippen molar-refractivity contribution in [1.82, 2.24) is 15.2 Å². The van der Waals surface area contributed by atoms with Gasteiger partial charge in [0.15, 0.2) is 10.8 Å². The number of carbonyl (C=O) groups is 3. The van der Waals surface area contributed by atoms with E-state index >= 15 is 0 Å². The Labute approximate surface area is 221 Å². The molecule has 1 aromatic rings. The Balaban J connectivity index is 0.00000196. The number of hydrogen-bond donors (Lipinski definition) is 4. The molecule has 2 aliphatic rings. The first-order valence-corrected chi connectivity index (χ1v) is 9.09. The molecule has 1 saturated heterocycles. The number of fused-ring (bicyclic) bond motifs is 1. The van der Waals surface area contributed by atoms with Crippen molar-refractivity contribution in [2.75, 3.05) is 11.5 Å². The van der Waals surface area contributed by atoms with Gasteiger partial charge in [0.1, 0.15) is 22.8 Å². The molecule has 0 spiro atoms. The summed E-state index contributed by atoms with van der Waals surface area (Å²) in [7, 11) is 0. The zero-order valence-electron chi connectivity index (χ0n) is 15.1. The van der Waals surface area contributed by atoms with Gasteiger partial charge in [-0.05, 0) is 5.57 Å². The summed E-state index contributed by atoms with van der Waals surface area (Å²) >= 11 is 2.37. The van der Waals surface area contributed by atoms with Crippen LogP contribution in [0.25, 0.3) is 0 Å². The number of amides is 2. The normalized spacial score (nSPS) is 21.7. The van der Waals surface area contributed by atoms with Crippen LogP contribution in [-0.2, 0) is 14.4 Å². The molecule has 13 heteroatoms. The maximum absolute atomic E-state index is 12.4. The minimum absolute atomic E-state index is 0. The second-order valence-electron chi connectivity index (χ2n) is 5.26. The number of nitrogen functional groups attached to an aromatic ring is 1. The third-order valence-corrected chi connectivity index (χ3v) is 5.79. The average molecular weight is 529 g/mol. The van der Waals surface area contributed by atoms with Crippen LogP contribution in [0, 0.1) is 0 Å². The Morgan fingerprint density at radius 3 is 2.78 bits per heavy atom. The fraction of sp³-hybridized carbons (Fsp3) is 0.214. The first-order valence-electron chi connectivity index (χ1n) is 7.16. The molecule has 0 radical (unpaired) electrons. The summed E-state index contributed by atoms with van der Waals surface area (Å²) in [6.07, 6.45) is 1.40. The molecule has 5 N–H and O–H groups in total. The van der Waals surface area contributed by atoms with Crippen LogP contribution in [0.4, 0.5) is 5.13 Å². The van der Waals surface area contributed by atoms with Crippen LogP contribution < -0.4 is 79.9 Å². The molecule has 2 amide bonds. The van der Waals surface area contributed by atoms with E-state index in [9.17, 15) is 19.5 Å². The fourth-order valence-electron chi connectivity index (χ4n) is 2.62. The third kappa shape index (κ3) is 4.14. The SMILES string of the molecule is C=CC1=C(C(=O)O)N2C(=O)[C@@H](NC(=O)C(=NO)c3csc(N)n3)[C@H]2SC1.[Cs+].[H-]. The molecular weight excluding hydrogens is 515 g/mol. The maximum atomic E-state index is 12.4. The van der Waals surface area contributed by atoms with E-state index in [0.717, 1.165) is 16.2 Å². The van der Waals surface area contributed by atoms with Crippen molar-refractivity contribution in [3.8, 4) is 0 Å². The minimum atomic E-state index is -1.24. The molecule has 2 aliphatic heterocycles. The molecule has 0 saturated carbocycles. The van der Waals surface area contributed by atoms with Gasteiger partial charge in [0.25, 0.3) is 11.8 Å². The summed E-state index contributed by atoms with van der Waals surface area (Å²) in [6, 6.07) is -0.944. The van der Waals surface area contributed by atoms with Gasteiger partial charge in [-0.1, -0.05) is 17.8 Å². The monoisotopic (exact) mass is 529 g/mol. The van der Waals surface area contributed by atoms with E-state index in [0.29, 0.717) is 11.3 Å². The quantitative estimate of drug-likeness (QED) is 0.136. The first kappa shape index (κ1) is 22.5. The van der Waals surface area contributed by atoms with Crippen molar-refractivity contribution in [2.24, 2.45) is 5.16 Å². The largest absolute Gasteiger partial charge is 1.00 e. The minimum Gasteiger partial charge on any atom is -1.00 e. The second-order valence-corrected chi connectivity index (χ2v) is 7.26. The number of thiazole rings is 1. The van der Waals surface area contributed by atoms with Gasteiger partial charge in [-0.15, -0.1) is 23.1 Å². The van der Waals surface area contributed by atoms with Gasteiger partial charge >= 0.3 is 74.9 Å². The number of β-lactam (4-membered cyclic amide) rings is 1. The molecule has 0 bridgehead atoms. The molecule has 1 aromatic heterocycles. The number of aromatic nitrogens is 1. The first-order chi connectivity index (χ1) is 12.4. The maximum Gasteiger partial charge on any atom is 1.00 e. The molecule has 2 atom stereocenters. The number of allylic oxidation sites excluding steroid dienone is 1. The predicted octanol–water partition coefficient (Wildman–Crippen LogP) is -3.06. The van der Waals surface area contributed by atoms with Crippen LogP contribution in [0.2, 0.25) is 0 Å². The number of rotatable bonds is 5. The average Bonchev–Trinajstić information content (AvgIpc) is 3.04. The molecule has 138 valence electrons. The van der Waals surface area contributed by atoms with Crippen LogP contribution in [0.3, 0.4) is 0 Å². The summed E-state index contributed by atoms with van der Waals surface area (Å²) in [6.45, 7) is 3.56. The number of nitrogens with zero attached hydrogens (tertiary/aromatic N) is 3. The number of carboxylic acids is 1. The molecule has 1 fully saturated rings. The van der Waals surface area contributed by atoms with Gasteiger partial charge < -0.3 is 22.8 Å². The summed E-state index contributed by atoms with van der Waals surface area (Å²) in [5.74, 6) is -2.27. The van der Waals surface area contributed by atoms with E-state index in [1.807, 2.05) is 0 Å². The summed E-state index contributed by atoms with van der Waals surface area (Å²) in [4.78, 5) is 41.2. The van der Waals surface area contributed by atoms with E-state index in [1.54, 1.807) is 0 Å². The van der Waals surface area contributed by atoms with Crippen LogP contribution >= 0.6 is 23.1 Å². The van der Waals surface area contributed by atoms with E-state index < -0.39 is 29.2 Å². The topological polar surface area (TPSA) is 158 Å². The number of nitrogens with two attached hydrogens (primary N) is 1. The third-order valence-electron chi connectivity index (χ3n) is 3.81. The predicted molar refractivity (Wildman–Crippen MR) is 95.8 cm³/mol. The number of thioether (sulfide) groups is 1. The second kappa shape index (κ2) is 9.13. The number of anilines is 1. The van der Waals surface area contributed by atoms with E-state index in [2.05, 4.69) is 22.0 Å². The molecule has 27 heavy (non-hydrogen) atoms. The van der Waals surface area contributed by atoms with Gasteiger partial charge in [-0.3, -0.25) is 14.5 Å². The van der Waals surface area contributed by atoms with E-state index in [-0.39, 0.29) is 92.6 Å². The van der Waals surface area contributed by atoms with Gasteiger partial charge in [0.05, 0.1) is 0 Å². The standard InChI is InChI=1S/C14H13N5O5S2.Cs.H/c1-2-5-3-25-12-8(11(21)19(12)9(5)13(22)23)17-10(20)7(18-24)6-4-26-14(15)16-6;;/h2,4,8,12,24H,1,3H2,(H2,15,16)(H,17,20)(H,22,23);;/q;+1;-1/t8-,12-;;/m1../s1. The summed E-state index contributed by atoms with van der Waals surface area (Å²) in [5, 5.41) is 24.9. The number of aliphatic carboxylic acids is 1. The van der Waals surface area contributed by atoms with Gasteiger partial charge in [0.2, 0.25) is 0 Å². The van der Waals surface area contributed by atoms with Crippen LogP contribution in [-0.4, -0.2) is 60.9 Å².